The van der Waals surface area contributed by atoms with Gasteiger partial charge in [-0.2, -0.15) is 0 Å². The summed E-state index contributed by atoms with van der Waals surface area (Å²) in [5, 5.41) is 15.6. The van der Waals surface area contributed by atoms with E-state index in [1.165, 1.54) is 39.8 Å². The fourth-order valence-electron chi connectivity index (χ4n) is 0.347. The van der Waals surface area contributed by atoms with Crippen molar-refractivity contribution in [3.63, 3.8) is 0 Å². The average Bonchev–Trinajstić information content (AvgIpc) is 2.03. The van der Waals surface area contributed by atoms with Crippen molar-refractivity contribution in [2.24, 2.45) is 0 Å². The molecule has 0 aliphatic heterocycles. The fraction of sp³-hybridized carbons (Fsp3) is 0.500. The zero-order chi connectivity index (χ0) is 10.7. The standard InChI is InChI=1S/C4H4O4.C4H9.Sn.H/c5-3(6)1-2-4(7)8;1-3-4-2;;/h1-2H,(H,5,6)(H,7,8);1,3-4H2,2H3;;/b2-1-;;;. The number of unbranched alkanes of at least 4 members (excludes halogenated alkanes) is 1. The first kappa shape index (κ1) is 15.0. The van der Waals surface area contributed by atoms with Crippen LogP contribution >= 0.6 is 0 Å². The molecule has 0 aliphatic rings. The molecule has 0 amide bonds. The molecular weight excluding hydrogens is 279 g/mol. The SMILES string of the molecule is CCC[CH2][SnH].O=C(O)/C=C\C(=O)O. The van der Waals surface area contributed by atoms with Crippen molar-refractivity contribution in [2.75, 3.05) is 0 Å². The van der Waals surface area contributed by atoms with Crippen molar-refractivity contribution in [3.8, 4) is 0 Å². The number of hydrogen-bond acceptors (Lipinski definition) is 2. The van der Waals surface area contributed by atoms with Gasteiger partial charge < -0.3 is 10.2 Å². The van der Waals surface area contributed by atoms with Crippen LogP contribution in [0.1, 0.15) is 19.8 Å². The molecule has 13 heavy (non-hydrogen) atoms. The van der Waals surface area contributed by atoms with Crippen molar-refractivity contribution in [3.05, 3.63) is 12.2 Å². The van der Waals surface area contributed by atoms with Crippen LogP contribution in [-0.2, 0) is 9.59 Å². The van der Waals surface area contributed by atoms with Crippen molar-refractivity contribution < 1.29 is 19.8 Å². The topological polar surface area (TPSA) is 74.6 Å². The van der Waals surface area contributed by atoms with E-state index in [9.17, 15) is 9.59 Å². The van der Waals surface area contributed by atoms with E-state index in [1.54, 1.807) is 0 Å². The van der Waals surface area contributed by atoms with Crippen LogP contribution in [-0.4, -0.2) is 44.7 Å². The van der Waals surface area contributed by atoms with Crippen LogP contribution in [0.4, 0.5) is 0 Å². The van der Waals surface area contributed by atoms with E-state index in [4.69, 9.17) is 10.2 Å². The van der Waals surface area contributed by atoms with E-state index in [2.05, 4.69) is 6.92 Å². The fourth-order valence-corrected chi connectivity index (χ4v) is 1.51. The van der Waals surface area contributed by atoms with Gasteiger partial charge in [0.25, 0.3) is 0 Å². The maximum Gasteiger partial charge on any atom is 0.328 e. The minimum atomic E-state index is -1.26. The van der Waals surface area contributed by atoms with Crippen LogP contribution in [0, 0.1) is 0 Å². The molecule has 4 nitrogen and oxygen atoms in total. The van der Waals surface area contributed by atoms with Gasteiger partial charge in [-0.05, 0) is 0 Å². The predicted octanol–water partition coefficient (Wildman–Crippen LogP) is 0.817. The van der Waals surface area contributed by atoms with Crippen molar-refractivity contribution in [1.82, 2.24) is 0 Å². The van der Waals surface area contributed by atoms with Gasteiger partial charge >= 0.3 is 58.7 Å². The first-order valence-electron chi connectivity index (χ1n) is 3.88. The molecule has 0 fully saturated rings. The van der Waals surface area contributed by atoms with Gasteiger partial charge in [-0.15, -0.1) is 0 Å². The van der Waals surface area contributed by atoms with Crippen LogP contribution in [0.3, 0.4) is 0 Å². The molecule has 0 aromatic heterocycles. The summed E-state index contributed by atoms with van der Waals surface area (Å²) in [5.41, 5.74) is 0. The molecule has 0 unspecified atom stereocenters. The molecule has 0 saturated carbocycles. The second-order valence-electron chi connectivity index (χ2n) is 2.15. The van der Waals surface area contributed by atoms with E-state index in [0.717, 1.165) is 0 Å². The van der Waals surface area contributed by atoms with E-state index < -0.39 is 11.9 Å². The quantitative estimate of drug-likeness (QED) is 0.594. The third kappa shape index (κ3) is 24.6. The monoisotopic (exact) mass is 294 g/mol. The number of carbonyl (C=O) groups is 2. The molecule has 74 valence electrons. The molecule has 0 atom stereocenters. The summed E-state index contributed by atoms with van der Waals surface area (Å²) < 4.78 is 1.47. The first-order chi connectivity index (χ1) is 6.04. The summed E-state index contributed by atoms with van der Waals surface area (Å²) in [5.74, 6) is -2.51. The zero-order valence-corrected chi connectivity index (χ0v) is 10.9. The molecule has 0 saturated heterocycles. The Balaban J connectivity index is 0. The number of rotatable bonds is 4. The van der Waals surface area contributed by atoms with Gasteiger partial charge in [-0.3, -0.25) is 0 Å². The number of aliphatic carboxylic acids is 2. The predicted molar refractivity (Wildman–Crippen MR) is 51.3 cm³/mol. The minimum Gasteiger partial charge on any atom is -0.478 e. The molecule has 2 N–H and O–H groups in total. The minimum absolute atomic E-state index is 0.558. The summed E-state index contributed by atoms with van der Waals surface area (Å²) in [6, 6.07) is 0. The molecule has 0 bridgehead atoms. The van der Waals surface area contributed by atoms with Gasteiger partial charge in [0.15, 0.2) is 0 Å². The van der Waals surface area contributed by atoms with Crippen molar-refractivity contribution >= 4 is 34.5 Å². The number of carboxylic acid groups (broad SMARTS) is 2. The average molecular weight is 293 g/mol. The Hall–Kier alpha value is -0.521. The third-order valence-electron chi connectivity index (χ3n) is 0.926. The number of hydrogen-bond donors (Lipinski definition) is 2. The summed E-state index contributed by atoms with van der Waals surface area (Å²) in [4.78, 5) is 19.1. The largest absolute Gasteiger partial charge is 0.478 e. The Labute approximate surface area is 90.7 Å². The van der Waals surface area contributed by atoms with Gasteiger partial charge in [0.1, 0.15) is 0 Å². The molecule has 0 aromatic carbocycles. The van der Waals surface area contributed by atoms with Crippen LogP contribution < -0.4 is 0 Å². The number of carboxylic acids is 2. The molecule has 5 heteroatoms. The third-order valence-corrected chi connectivity index (χ3v) is 2.09. The zero-order valence-electron chi connectivity index (χ0n) is 7.56. The molecule has 0 spiro atoms. The van der Waals surface area contributed by atoms with Gasteiger partial charge in [0.05, 0.1) is 0 Å². The Morgan fingerprint density at radius 3 is 1.69 bits per heavy atom. The summed E-state index contributed by atoms with van der Waals surface area (Å²) >= 11 is 1.45. The smallest absolute Gasteiger partial charge is 0.328 e. The maximum absolute atomic E-state index is 9.55. The second kappa shape index (κ2) is 11.5. The van der Waals surface area contributed by atoms with Gasteiger partial charge in [-0.1, -0.05) is 0 Å². The van der Waals surface area contributed by atoms with Crippen LogP contribution in [0.2, 0.25) is 4.44 Å². The maximum atomic E-state index is 9.55. The molecule has 0 aliphatic carbocycles. The van der Waals surface area contributed by atoms with E-state index in [0.29, 0.717) is 12.2 Å². The van der Waals surface area contributed by atoms with Gasteiger partial charge in [0.2, 0.25) is 0 Å². The summed E-state index contributed by atoms with van der Waals surface area (Å²) in [7, 11) is 0. The first-order valence-corrected chi connectivity index (χ1v) is 6.21. The van der Waals surface area contributed by atoms with Crippen molar-refractivity contribution in [1.29, 1.82) is 0 Å². The molecular formula is C8H14O4Sn. The molecule has 0 rings (SSSR count). The van der Waals surface area contributed by atoms with E-state index in [1.807, 2.05) is 0 Å². The molecule has 2 radical (unpaired) electrons. The van der Waals surface area contributed by atoms with Gasteiger partial charge in [-0.25, -0.2) is 9.59 Å². The van der Waals surface area contributed by atoms with E-state index >= 15 is 0 Å². The van der Waals surface area contributed by atoms with Crippen LogP contribution in [0.15, 0.2) is 12.2 Å². The molecule has 0 aromatic rings. The Morgan fingerprint density at radius 1 is 1.23 bits per heavy atom. The second-order valence-corrected chi connectivity index (χ2v) is 3.80. The Morgan fingerprint density at radius 2 is 1.62 bits per heavy atom. The van der Waals surface area contributed by atoms with Crippen molar-refractivity contribution in [2.45, 2.75) is 24.2 Å². The Bertz CT molecular complexity index is 159. The van der Waals surface area contributed by atoms with Gasteiger partial charge in [0, 0.05) is 12.2 Å². The normalized spacial score (nSPS) is 9.08. The summed E-state index contributed by atoms with van der Waals surface area (Å²) in [6.07, 6.45) is 3.94. The molecule has 0 heterocycles. The van der Waals surface area contributed by atoms with Crippen LogP contribution in [0.5, 0.6) is 0 Å². The summed E-state index contributed by atoms with van der Waals surface area (Å²) in [6.45, 7) is 2.23. The van der Waals surface area contributed by atoms with E-state index in [-0.39, 0.29) is 0 Å². The van der Waals surface area contributed by atoms with Crippen LogP contribution in [0.25, 0.3) is 0 Å². The Kier molecular flexibility index (Phi) is 13.2.